The number of aryl methyl sites for hydroxylation is 2. The largest absolute Gasteiger partial charge is 0.354 e. The van der Waals surface area contributed by atoms with Gasteiger partial charge in [0.15, 0.2) is 0 Å². The Morgan fingerprint density at radius 3 is 2.72 bits per heavy atom. The predicted molar refractivity (Wildman–Crippen MR) is 102 cm³/mol. The Bertz CT molecular complexity index is 976. The van der Waals surface area contributed by atoms with Crippen LogP contribution in [0, 0.1) is 13.8 Å². The zero-order valence-corrected chi connectivity index (χ0v) is 15.6. The van der Waals surface area contributed by atoms with Crippen molar-refractivity contribution in [1.82, 2.24) is 14.9 Å². The van der Waals surface area contributed by atoms with E-state index in [0.29, 0.717) is 23.4 Å². The van der Waals surface area contributed by atoms with Crippen LogP contribution in [0.2, 0.25) is 5.02 Å². The molecule has 0 saturated carbocycles. The molecule has 130 valence electrons. The molecular weight excluding hydrogens is 358 g/mol. The smallest absolute Gasteiger partial charge is 0.262 e. The lowest BCUT2D eigenvalue weighted by atomic mass is 10.1. The minimum atomic E-state index is -0.207. The Hall–Kier alpha value is -2.18. The van der Waals surface area contributed by atoms with E-state index in [9.17, 15) is 9.59 Å². The molecule has 0 bridgehead atoms. The fraction of sp³-hybridized carbons (Fsp3) is 0.278. The summed E-state index contributed by atoms with van der Waals surface area (Å²) in [6.07, 6.45) is 2.15. The quantitative estimate of drug-likeness (QED) is 0.745. The molecule has 25 heavy (non-hydrogen) atoms. The van der Waals surface area contributed by atoms with Gasteiger partial charge in [0.25, 0.3) is 5.56 Å². The minimum Gasteiger partial charge on any atom is -0.354 e. The molecule has 1 amide bonds. The second kappa shape index (κ2) is 7.37. The van der Waals surface area contributed by atoms with Crippen LogP contribution in [0.5, 0.6) is 0 Å². The molecule has 0 saturated heterocycles. The van der Waals surface area contributed by atoms with Gasteiger partial charge < -0.3 is 5.32 Å². The lowest BCUT2D eigenvalue weighted by Gasteiger charge is -2.07. The number of aromatic nitrogens is 2. The molecule has 0 radical (unpaired) electrons. The summed E-state index contributed by atoms with van der Waals surface area (Å²) in [7, 11) is 0. The topological polar surface area (TPSA) is 64.0 Å². The van der Waals surface area contributed by atoms with Crippen LogP contribution in [0.1, 0.15) is 16.0 Å². The summed E-state index contributed by atoms with van der Waals surface area (Å²) in [6.45, 7) is 4.35. The number of rotatable bonds is 5. The number of carbonyl (C=O) groups excluding carboxylic acids is 1. The van der Waals surface area contributed by atoms with E-state index in [-0.39, 0.29) is 18.0 Å². The number of nitrogens with zero attached hydrogens (tertiary/aromatic N) is 2. The monoisotopic (exact) mass is 375 g/mol. The van der Waals surface area contributed by atoms with E-state index >= 15 is 0 Å². The number of hydrogen-bond acceptors (Lipinski definition) is 4. The van der Waals surface area contributed by atoms with Gasteiger partial charge in [0.2, 0.25) is 5.91 Å². The third-order valence-electron chi connectivity index (χ3n) is 4.12. The highest BCUT2D eigenvalue weighted by Gasteiger charge is 2.13. The summed E-state index contributed by atoms with van der Waals surface area (Å²) in [5, 5.41) is 4.13. The maximum Gasteiger partial charge on any atom is 0.262 e. The van der Waals surface area contributed by atoms with Crippen LogP contribution in [0.25, 0.3) is 10.2 Å². The Morgan fingerprint density at radius 1 is 1.28 bits per heavy atom. The molecular formula is C18H18ClN3O2S. The summed E-state index contributed by atoms with van der Waals surface area (Å²) in [5.74, 6) is -0.207. The molecule has 5 nitrogen and oxygen atoms in total. The third kappa shape index (κ3) is 3.91. The van der Waals surface area contributed by atoms with Crippen molar-refractivity contribution in [3.8, 4) is 0 Å². The highest BCUT2D eigenvalue weighted by Crippen LogP contribution is 2.25. The molecule has 2 heterocycles. The minimum absolute atomic E-state index is 0.0310. The van der Waals surface area contributed by atoms with Gasteiger partial charge in [0, 0.05) is 16.4 Å². The zero-order valence-electron chi connectivity index (χ0n) is 14.0. The van der Waals surface area contributed by atoms with Crippen molar-refractivity contribution in [3.63, 3.8) is 0 Å². The van der Waals surface area contributed by atoms with Gasteiger partial charge in [-0.05, 0) is 43.5 Å². The van der Waals surface area contributed by atoms with Crippen molar-refractivity contribution < 1.29 is 4.79 Å². The molecule has 3 aromatic rings. The first-order valence-corrected chi connectivity index (χ1v) is 9.11. The van der Waals surface area contributed by atoms with Gasteiger partial charge >= 0.3 is 0 Å². The highest BCUT2D eigenvalue weighted by atomic mass is 35.5. The van der Waals surface area contributed by atoms with Gasteiger partial charge in [0.05, 0.1) is 11.7 Å². The van der Waals surface area contributed by atoms with Crippen LogP contribution in [0.4, 0.5) is 0 Å². The summed E-state index contributed by atoms with van der Waals surface area (Å²) < 4.78 is 1.36. The van der Waals surface area contributed by atoms with Gasteiger partial charge in [-0.15, -0.1) is 11.3 Å². The molecule has 1 N–H and O–H groups in total. The van der Waals surface area contributed by atoms with Gasteiger partial charge in [0.1, 0.15) is 11.4 Å². The Morgan fingerprint density at radius 2 is 2.00 bits per heavy atom. The molecule has 7 heteroatoms. The van der Waals surface area contributed by atoms with Crippen LogP contribution in [-0.4, -0.2) is 22.0 Å². The normalized spacial score (nSPS) is 11.0. The SMILES string of the molecule is Cc1sc2ncn(CC(=O)NCCc3ccc(Cl)cc3)c(=O)c2c1C. The second-order valence-corrected chi connectivity index (χ2v) is 7.51. The van der Waals surface area contributed by atoms with Crippen molar-refractivity contribution in [2.24, 2.45) is 0 Å². The summed E-state index contributed by atoms with van der Waals surface area (Å²) in [5.41, 5.74) is 1.86. The van der Waals surface area contributed by atoms with Crippen LogP contribution < -0.4 is 10.9 Å². The second-order valence-electron chi connectivity index (χ2n) is 5.87. The maximum absolute atomic E-state index is 12.6. The summed E-state index contributed by atoms with van der Waals surface area (Å²) in [6, 6.07) is 7.51. The van der Waals surface area contributed by atoms with Crippen molar-refractivity contribution in [2.75, 3.05) is 6.54 Å². The van der Waals surface area contributed by atoms with Gasteiger partial charge in [-0.3, -0.25) is 14.2 Å². The first-order valence-electron chi connectivity index (χ1n) is 7.92. The van der Waals surface area contributed by atoms with E-state index in [1.165, 1.54) is 22.2 Å². The first kappa shape index (κ1) is 17.6. The van der Waals surface area contributed by atoms with Crippen LogP contribution in [0.3, 0.4) is 0 Å². The highest BCUT2D eigenvalue weighted by molar-refractivity contribution is 7.18. The Kier molecular flexibility index (Phi) is 5.20. The van der Waals surface area contributed by atoms with E-state index < -0.39 is 0 Å². The maximum atomic E-state index is 12.6. The van der Waals surface area contributed by atoms with Crippen LogP contribution in [-0.2, 0) is 17.8 Å². The van der Waals surface area contributed by atoms with Crippen molar-refractivity contribution in [3.05, 3.63) is 62.0 Å². The van der Waals surface area contributed by atoms with Gasteiger partial charge in [-0.1, -0.05) is 23.7 Å². The fourth-order valence-corrected chi connectivity index (χ4v) is 3.70. The molecule has 0 unspecified atom stereocenters. The Balaban J connectivity index is 1.64. The number of nitrogens with one attached hydrogen (secondary N) is 1. The number of halogens is 1. The van der Waals surface area contributed by atoms with E-state index in [2.05, 4.69) is 10.3 Å². The standard InChI is InChI=1S/C18H18ClN3O2S/c1-11-12(2)25-17-16(11)18(24)22(10-21-17)9-15(23)20-8-7-13-3-5-14(19)6-4-13/h3-6,10H,7-9H2,1-2H3,(H,20,23). The average Bonchev–Trinajstić information content (AvgIpc) is 2.87. The summed E-state index contributed by atoms with van der Waals surface area (Å²) >= 11 is 7.35. The van der Waals surface area contributed by atoms with Crippen molar-refractivity contribution >= 4 is 39.1 Å². The zero-order chi connectivity index (χ0) is 18.0. The van der Waals surface area contributed by atoms with E-state index in [1.54, 1.807) is 0 Å². The van der Waals surface area contributed by atoms with Crippen molar-refractivity contribution in [1.29, 1.82) is 0 Å². The average molecular weight is 376 g/mol. The number of fused-ring (bicyclic) bond motifs is 1. The van der Waals surface area contributed by atoms with Crippen LogP contribution >= 0.6 is 22.9 Å². The Labute approximate surface area is 154 Å². The van der Waals surface area contributed by atoms with Crippen LogP contribution in [0.15, 0.2) is 35.4 Å². The molecule has 0 aliphatic heterocycles. The summed E-state index contributed by atoms with van der Waals surface area (Å²) in [4.78, 5) is 30.8. The fourth-order valence-electron chi connectivity index (χ4n) is 2.59. The number of carbonyl (C=O) groups is 1. The third-order valence-corrected chi connectivity index (χ3v) is 5.49. The number of hydrogen-bond donors (Lipinski definition) is 1. The number of benzene rings is 1. The lowest BCUT2D eigenvalue weighted by Crippen LogP contribution is -2.33. The van der Waals surface area contributed by atoms with E-state index in [1.807, 2.05) is 38.1 Å². The number of thiophene rings is 1. The first-order chi connectivity index (χ1) is 12.0. The molecule has 0 fully saturated rings. The number of amides is 1. The van der Waals surface area contributed by atoms with E-state index in [0.717, 1.165) is 20.8 Å². The molecule has 1 aromatic carbocycles. The molecule has 0 spiro atoms. The molecule has 0 aliphatic rings. The van der Waals surface area contributed by atoms with Gasteiger partial charge in [-0.2, -0.15) is 0 Å². The van der Waals surface area contributed by atoms with Gasteiger partial charge in [-0.25, -0.2) is 4.98 Å². The molecule has 3 rings (SSSR count). The van der Waals surface area contributed by atoms with Crippen molar-refractivity contribution in [2.45, 2.75) is 26.8 Å². The molecule has 0 aliphatic carbocycles. The molecule has 0 atom stereocenters. The van der Waals surface area contributed by atoms with E-state index in [4.69, 9.17) is 11.6 Å². The molecule has 2 aromatic heterocycles. The lowest BCUT2D eigenvalue weighted by molar-refractivity contribution is -0.121. The predicted octanol–water partition coefficient (Wildman–Crippen LogP) is 3.09.